The molecular weight excluding hydrogens is 276 g/mol. The number of alkyl carbamates (subject to hydrolysis) is 1. The topological polar surface area (TPSA) is 108 Å². The van der Waals surface area contributed by atoms with Crippen molar-refractivity contribution in [3.63, 3.8) is 0 Å². The van der Waals surface area contributed by atoms with Crippen molar-refractivity contribution in [3.8, 4) is 0 Å². The molecule has 1 amide bonds. The molecule has 0 atom stereocenters. The molecule has 0 fully saturated rings. The van der Waals surface area contributed by atoms with Gasteiger partial charge in [-0.1, -0.05) is 13.0 Å². The number of aldehydes is 1. The fourth-order valence-electron chi connectivity index (χ4n) is 1.16. The molecule has 0 heterocycles. The van der Waals surface area contributed by atoms with Gasteiger partial charge < -0.3 is 25.3 Å². The van der Waals surface area contributed by atoms with Gasteiger partial charge in [-0.3, -0.25) is 0 Å². The lowest BCUT2D eigenvalue weighted by atomic mass is 10.2. The van der Waals surface area contributed by atoms with Crippen LogP contribution in [0.3, 0.4) is 0 Å². The van der Waals surface area contributed by atoms with E-state index in [1.165, 1.54) is 7.05 Å². The SMILES string of the molecule is C=C(C)C(=O)OCCOC(=O)NCCCCCC=O.CN. The zero-order valence-electron chi connectivity index (χ0n) is 12.9. The molecule has 0 aliphatic carbocycles. The van der Waals surface area contributed by atoms with Gasteiger partial charge in [0, 0.05) is 18.5 Å². The number of nitrogens with one attached hydrogen (secondary N) is 1. The Morgan fingerprint density at radius 1 is 1.14 bits per heavy atom. The molecule has 0 aromatic carbocycles. The maximum Gasteiger partial charge on any atom is 0.407 e. The molecule has 0 radical (unpaired) electrons. The molecule has 0 saturated carbocycles. The third kappa shape index (κ3) is 16.1. The lowest BCUT2D eigenvalue weighted by molar-refractivity contribution is -0.139. The monoisotopic (exact) mass is 302 g/mol. The van der Waals surface area contributed by atoms with Crippen LogP contribution >= 0.6 is 0 Å². The number of unbranched alkanes of at least 4 members (excludes halogenated alkanes) is 3. The van der Waals surface area contributed by atoms with E-state index in [9.17, 15) is 14.4 Å². The molecule has 7 nitrogen and oxygen atoms in total. The molecule has 0 aliphatic heterocycles. The van der Waals surface area contributed by atoms with Crippen LogP contribution in [-0.4, -0.2) is 45.2 Å². The highest BCUT2D eigenvalue weighted by Crippen LogP contribution is 1.96. The third-order valence-electron chi connectivity index (χ3n) is 2.17. The second-order valence-corrected chi connectivity index (χ2v) is 3.99. The van der Waals surface area contributed by atoms with Gasteiger partial charge in [0.15, 0.2) is 0 Å². The quantitative estimate of drug-likeness (QED) is 0.271. The normalized spacial score (nSPS) is 8.90. The first-order valence-electron chi connectivity index (χ1n) is 6.82. The number of carbonyl (C=O) groups excluding carboxylic acids is 3. The third-order valence-corrected chi connectivity index (χ3v) is 2.17. The highest BCUT2D eigenvalue weighted by Gasteiger charge is 2.04. The number of carbonyl (C=O) groups is 3. The largest absolute Gasteiger partial charge is 0.459 e. The van der Waals surface area contributed by atoms with Gasteiger partial charge in [-0.15, -0.1) is 0 Å². The number of hydrogen-bond acceptors (Lipinski definition) is 6. The summed E-state index contributed by atoms with van der Waals surface area (Å²) in [5, 5.41) is 2.56. The van der Waals surface area contributed by atoms with Crippen LogP contribution in [0.4, 0.5) is 4.79 Å². The van der Waals surface area contributed by atoms with E-state index in [1.807, 2.05) is 0 Å². The van der Waals surface area contributed by atoms with E-state index in [1.54, 1.807) is 6.92 Å². The molecule has 21 heavy (non-hydrogen) atoms. The van der Waals surface area contributed by atoms with Gasteiger partial charge in [0.2, 0.25) is 0 Å². The summed E-state index contributed by atoms with van der Waals surface area (Å²) in [7, 11) is 1.50. The lowest BCUT2D eigenvalue weighted by Gasteiger charge is -2.07. The van der Waals surface area contributed by atoms with E-state index in [-0.39, 0.29) is 13.2 Å². The Hall–Kier alpha value is -1.89. The smallest absolute Gasteiger partial charge is 0.407 e. The van der Waals surface area contributed by atoms with Crippen molar-refractivity contribution in [2.24, 2.45) is 5.73 Å². The first-order valence-corrected chi connectivity index (χ1v) is 6.82. The van der Waals surface area contributed by atoms with Crippen LogP contribution in [0.1, 0.15) is 32.6 Å². The Bertz CT molecular complexity index is 318. The molecule has 3 N–H and O–H groups in total. The zero-order chi connectivity index (χ0) is 16.5. The number of ether oxygens (including phenoxy) is 2. The number of rotatable bonds is 10. The minimum Gasteiger partial charge on any atom is -0.459 e. The van der Waals surface area contributed by atoms with Gasteiger partial charge >= 0.3 is 12.1 Å². The summed E-state index contributed by atoms with van der Waals surface area (Å²) < 4.78 is 9.53. The number of hydrogen-bond donors (Lipinski definition) is 2. The molecule has 0 bridgehead atoms. The summed E-state index contributed by atoms with van der Waals surface area (Å²) in [6.07, 6.45) is 3.41. The van der Waals surface area contributed by atoms with Crippen LogP contribution in [0.5, 0.6) is 0 Å². The maximum atomic E-state index is 11.2. The van der Waals surface area contributed by atoms with Crippen molar-refractivity contribution in [2.45, 2.75) is 32.6 Å². The summed E-state index contributed by atoms with van der Waals surface area (Å²) in [5.74, 6) is -0.501. The molecular formula is C14H26N2O5. The standard InChI is InChI=1S/C13H21NO5.CH5N/c1-11(2)12(16)18-9-10-19-13(17)14-7-5-3-4-6-8-15;1-2/h8H,1,3-7,9-10H2,2H3,(H,14,17);2H2,1H3. The fraction of sp³-hybridized carbons (Fsp3) is 0.643. The highest BCUT2D eigenvalue weighted by atomic mass is 16.6. The van der Waals surface area contributed by atoms with Crippen molar-refractivity contribution < 1.29 is 23.9 Å². The molecule has 0 aromatic heterocycles. The van der Waals surface area contributed by atoms with Crippen LogP contribution in [0.15, 0.2) is 12.2 Å². The number of amides is 1. The van der Waals surface area contributed by atoms with Crippen molar-refractivity contribution in [1.29, 1.82) is 0 Å². The molecule has 0 rings (SSSR count). The van der Waals surface area contributed by atoms with Crippen LogP contribution in [0.2, 0.25) is 0 Å². The Balaban J connectivity index is 0. The van der Waals surface area contributed by atoms with Crippen molar-refractivity contribution >= 4 is 18.3 Å². The Morgan fingerprint density at radius 2 is 1.76 bits per heavy atom. The summed E-state index contributed by atoms with van der Waals surface area (Å²) >= 11 is 0. The predicted octanol–water partition coefficient (Wildman–Crippen LogP) is 1.17. The van der Waals surface area contributed by atoms with Crippen molar-refractivity contribution in [3.05, 3.63) is 12.2 Å². The lowest BCUT2D eigenvalue weighted by Crippen LogP contribution is -2.26. The molecule has 0 saturated heterocycles. The van der Waals surface area contributed by atoms with Crippen molar-refractivity contribution in [1.82, 2.24) is 5.32 Å². The van der Waals surface area contributed by atoms with E-state index in [4.69, 9.17) is 9.47 Å². The summed E-state index contributed by atoms with van der Waals surface area (Å²) in [4.78, 5) is 32.2. The minimum absolute atomic E-state index is 0.00992. The van der Waals surface area contributed by atoms with E-state index in [0.29, 0.717) is 18.5 Å². The average Bonchev–Trinajstić information content (AvgIpc) is 2.49. The molecule has 0 aromatic rings. The average molecular weight is 302 g/mol. The van der Waals surface area contributed by atoms with E-state index in [0.717, 1.165) is 25.5 Å². The van der Waals surface area contributed by atoms with Crippen LogP contribution in [0, 0.1) is 0 Å². The molecule has 7 heteroatoms. The second-order valence-electron chi connectivity index (χ2n) is 3.99. The molecule has 0 unspecified atom stereocenters. The van der Waals surface area contributed by atoms with E-state index in [2.05, 4.69) is 17.6 Å². The van der Waals surface area contributed by atoms with Gasteiger partial charge in [-0.25, -0.2) is 9.59 Å². The summed E-state index contributed by atoms with van der Waals surface area (Å²) in [5.41, 5.74) is 4.81. The molecule has 0 aliphatic rings. The predicted molar refractivity (Wildman–Crippen MR) is 79.8 cm³/mol. The van der Waals surface area contributed by atoms with Crippen LogP contribution < -0.4 is 11.1 Å². The van der Waals surface area contributed by atoms with E-state index < -0.39 is 12.1 Å². The van der Waals surface area contributed by atoms with Gasteiger partial charge in [0.05, 0.1) is 0 Å². The van der Waals surface area contributed by atoms with Gasteiger partial charge in [-0.2, -0.15) is 0 Å². The zero-order valence-corrected chi connectivity index (χ0v) is 12.9. The van der Waals surface area contributed by atoms with Crippen LogP contribution in [0.25, 0.3) is 0 Å². The van der Waals surface area contributed by atoms with Gasteiger partial charge in [0.25, 0.3) is 0 Å². The maximum absolute atomic E-state index is 11.2. The van der Waals surface area contributed by atoms with Gasteiger partial charge in [0.1, 0.15) is 19.5 Å². The number of nitrogens with two attached hydrogens (primary N) is 1. The molecule has 0 spiro atoms. The van der Waals surface area contributed by atoms with Gasteiger partial charge in [-0.05, 0) is 26.8 Å². The number of esters is 1. The first kappa shape index (κ1) is 21.4. The summed E-state index contributed by atoms with van der Waals surface area (Å²) in [6.45, 7) is 5.49. The van der Waals surface area contributed by atoms with Crippen LogP contribution in [-0.2, 0) is 19.1 Å². The minimum atomic E-state index is -0.540. The second kappa shape index (κ2) is 16.2. The highest BCUT2D eigenvalue weighted by molar-refractivity contribution is 5.86. The Labute approximate surface area is 125 Å². The fourth-order valence-corrected chi connectivity index (χ4v) is 1.16. The summed E-state index contributed by atoms with van der Waals surface area (Å²) in [6, 6.07) is 0. The Morgan fingerprint density at radius 3 is 2.33 bits per heavy atom. The first-order chi connectivity index (χ1) is 10.1. The Kier molecular flexibility index (Phi) is 16.5. The van der Waals surface area contributed by atoms with Crippen molar-refractivity contribution in [2.75, 3.05) is 26.8 Å². The molecule has 122 valence electrons. The van der Waals surface area contributed by atoms with E-state index >= 15 is 0 Å².